The Hall–Kier alpha value is -3.92. The second kappa shape index (κ2) is 9.48. The number of hydrogen-bond acceptors (Lipinski definition) is 7. The van der Waals surface area contributed by atoms with Gasteiger partial charge in [0, 0.05) is 5.56 Å². The summed E-state index contributed by atoms with van der Waals surface area (Å²) in [6, 6.07) is 14.5. The maximum absolute atomic E-state index is 12.2. The van der Waals surface area contributed by atoms with Gasteiger partial charge in [0.2, 0.25) is 5.91 Å². The smallest absolute Gasteiger partial charge is 0.269 e. The molecule has 2 heterocycles. The Morgan fingerprint density at radius 2 is 1.78 bits per heavy atom. The number of carbonyl (C=O) groups excluding carboxylic acids is 2. The molecule has 4 rings (SSSR count). The van der Waals surface area contributed by atoms with Crippen molar-refractivity contribution in [2.45, 2.75) is 11.9 Å². The number of hydrazine groups is 1. The molecule has 0 spiro atoms. The summed E-state index contributed by atoms with van der Waals surface area (Å²) in [7, 11) is 1.55. The molecule has 0 saturated carbocycles. The molecular weight excluding hydrogens is 428 g/mol. The minimum atomic E-state index is -0.421. The lowest BCUT2D eigenvalue weighted by Gasteiger charge is -2.08. The highest BCUT2D eigenvalue weighted by atomic mass is 32.2. The zero-order valence-corrected chi connectivity index (χ0v) is 18.2. The molecule has 162 valence electrons. The molecule has 0 radical (unpaired) electrons. The number of thioether (sulfide) groups is 1. The summed E-state index contributed by atoms with van der Waals surface area (Å²) in [5.74, 6) is -0.0849. The average molecular weight is 449 g/mol. The van der Waals surface area contributed by atoms with Gasteiger partial charge in [-0.1, -0.05) is 29.5 Å². The van der Waals surface area contributed by atoms with Crippen molar-refractivity contribution in [3.8, 4) is 11.4 Å². The van der Waals surface area contributed by atoms with E-state index in [1.807, 2.05) is 31.2 Å². The number of amides is 2. The van der Waals surface area contributed by atoms with Crippen molar-refractivity contribution in [3.63, 3.8) is 0 Å². The first-order valence-corrected chi connectivity index (χ1v) is 10.7. The molecule has 2 aromatic carbocycles. The maximum Gasteiger partial charge on any atom is 0.269 e. The summed E-state index contributed by atoms with van der Waals surface area (Å²) in [4.78, 5) is 33.0. The van der Waals surface area contributed by atoms with E-state index in [4.69, 9.17) is 4.74 Å². The predicted octanol–water partition coefficient (Wildman–Crippen LogP) is 2.69. The molecule has 0 atom stereocenters. The number of aromatic nitrogens is 4. The molecule has 0 saturated heterocycles. The molecule has 9 nitrogen and oxygen atoms in total. The number of nitrogens with one attached hydrogen (secondary N) is 2. The van der Waals surface area contributed by atoms with Crippen LogP contribution in [0.1, 0.15) is 15.9 Å². The lowest BCUT2D eigenvalue weighted by molar-refractivity contribution is -0.119. The molecule has 0 unspecified atom stereocenters. The van der Waals surface area contributed by atoms with Crippen LogP contribution in [0.15, 0.2) is 66.1 Å². The Morgan fingerprint density at radius 1 is 1.03 bits per heavy atom. The van der Waals surface area contributed by atoms with E-state index in [9.17, 15) is 9.59 Å². The van der Waals surface area contributed by atoms with Crippen molar-refractivity contribution in [1.82, 2.24) is 30.6 Å². The maximum atomic E-state index is 12.2. The topological polar surface area (TPSA) is 111 Å². The third-order valence-electron chi connectivity index (χ3n) is 4.62. The number of carbonyl (C=O) groups is 2. The molecular formula is C22H20N6O3S. The molecule has 2 amide bonds. The summed E-state index contributed by atoms with van der Waals surface area (Å²) in [6.45, 7) is 2.02. The van der Waals surface area contributed by atoms with Crippen LogP contribution < -0.4 is 15.6 Å². The SMILES string of the molecule is COc1ccc(C(=O)NNC(=O)CSc2ncnc3c2cnn3-c2ccc(C)cc2)cc1. The highest BCUT2D eigenvalue weighted by Gasteiger charge is 2.14. The van der Waals surface area contributed by atoms with E-state index in [0.29, 0.717) is 22.0 Å². The quantitative estimate of drug-likeness (QED) is 0.265. The van der Waals surface area contributed by atoms with E-state index in [-0.39, 0.29) is 11.7 Å². The van der Waals surface area contributed by atoms with E-state index in [0.717, 1.165) is 16.6 Å². The van der Waals surface area contributed by atoms with Gasteiger partial charge in [-0.3, -0.25) is 20.4 Å². The Bertz CT molecular complexity index is 1260. The molecule has 4 aromatic rings. The van der Waals surface area contributed by atoms with Crippen LogP contribution in [0.25, 0.3) is 16.7 Å². The van der Waals surface area contributed by atoms with Crippen molar-refractivity contribution in [3.05, 3.63) is 72.2 Å². The molecule has 32 heavy (non-hydrogen) atoms. The van der Waals surface area contributed by atoms with Crippen molar-refractivity contribution in [1.29, 1.82) is 0 Å². The fourth-order valence-electron chi connectivity index (χ4n) is 2.92. The predicted molar refractivity (Wildman–Crippen MR) is 121 cm³/mol. The van der Waals surface area contributed by atoms with Gasteiger partial charge in [0.15, 0.2) is 5.65 Å². The Labute approximate surface area is 188 Å². The van der Waals surface area contributed by atoms with E-state index in [1.165, 1.54) is 18.1 Å². The first-order chi connectivity index (χ1) is 15.5. The van der Waals surface area contributed by atoms with Gasteiger partial charge in [0.25, 0.3) is 5.91 Å². The van der Waals surface area contributed by atoms with Crippen LogP contribution >= 0.6 is 11.8 Å². The van der Waals surface area contributed by atoms with Crippen molar-refractivity contribution < 1.29 is 14.3 Å². The normalized spacial score (nSPS) is 10.7. The minimum absolute atomic E-state index is 0.0602. The van der Waals surface area contributed by atoms with Gasteiger partial charge in [0.05, 0.1) is 30.1 Å². The van der Waals surface area contributed by atoms with Crippen molar-refractivity contribution in [2.75, 3.05) is 12.9 Å². The molecule has 0 aliphatic rings. The van der Waals surface area contributed by atoms with Gasteiger partial charge in [-0.05, 0) is 43.3 Å². The molecule has 10 heteroatoms. The van der Waals surface area contributed by atoms with E-state index < -0.39 is 5.91 Å². The van der Waals surface area contributed by atoms with Crippen LogP contribution in [-0.4, -0.2) is 44.4 Å². The zero-order chi connectivity index (χ0) is 22.5. The second-order valence-electron chi connectivity index (χ2n) is 6.83. The molecule has 0 fully saturated rings. The number of fused-ring (bicyclic) bond motifs is 1. The Balaban J connectivity index is 1.38. The molecule has 0 aliphatic carbocycles. The van der Waals surface area contributed by atoms with Crippen LogP contribution in [0.4, 0.5) is 0 Å². The first kappa shape index (κ1) is 21.3. The van der Waals surface area contributed by atoms with Crippen LogP contribution in [0.2, 0.25) is 0 Å². The van der Waals surface area contributed by atoms with Gasteiger partial charge in [-0.15, -0.1) is 0 Å². The fourth-order valence-corrected chi connectivity index (χ4v) is 3.68. The molecule has 0 bridgehead atoms. The van der Waals surface area contributed by atoms with E-state index in [1.54, 1.807) is 42.3 Å². The van der Waals surface area contributed by atoms with Gasteiger partial charge in [-0.2, -0.15) is 5.10 Å². The number of rotatable bonds is 6. The summed E-state index contributed by atoms with van der Waals surface area (Å²) in [6.07, 6.45) is 3.13. The monoisotopic (exact) mass is 448 g/mol. The van der Waals surface area contributed by atoms with Crippen LogP contribution in [0, 0.1) is 6.92 Å². The Kier molecular flexibility index (Phi) is 6.31. The third-order valence-corrected chi connectivity index (χ3v) is 5.62. The minimum Gasteiger partial charge on any atom is -0.497 e. The zero-order valence-electron chi connectivity index (χ0n) is 17.4. The van der Waals surface area contributed by atoms with Gasteiger partial charge in [0.1, 0.15) is 17.1 Å². The van der Waals surface area contributed by atoms with Gasteiger partial charge in [-0.25, -0.2) is 14.6 Å². The summed E-state index contributed by atoms with van der Waals surface area (Å²) < 4.78 is 6.79. The van der Waals surface area contributed by atoms with Crippen LogP contribution in [0.3, 0.4) is 0 Å². The number of aryl methyl sites for hydroxylation is 1. The average Bonchev–Trinajstić information content (AvgIpc) is 3.26. The largest absolute Gasteiger partial charge is 0.497 e. The van der Waals surface area contributed by atoms with E-state index >= 15 is 0 Å². The molecule has 2 aromatic heterocycles. The molecule has 0 aliphatic heterocycles. The lowest BCUT2D eigenvalue weighted by Crippen LogP contribution is -2.42. The number of methoxy groups -OCH3 is 1. The standard InChI is InChI=1S/C22H20N6O3S/c1-14-3-7-16(8-4-14)28-20-18(11-25-28)22(24-13-23-20)32-12-19(29)26-27-21(30)15-5-9-17(31-2)10-6-15/h3-11,13H,12H2,1-2H3,(H,26,29)(H,27,30). The number of hydrogen-bond donors (Lipinski definition) is 2. The molecule has 2 N–H and O–H groups in total. The highest BCUT2D eigenvalue weighted by molar-refractivity contribution is 8.00. The second-order valence-corrected chi connectivity index (χ2v) is 7.79. The summed E-state index contributed by atoms with van der Waals surface area (Å²) in [5, 5.41) is 5.80. The third kappa shape index (κ3) is 4.70. The van der Waals surface area contributed by atoms with E-state index in [2.05, 4.69) is 25.9 Å². The fraction of sp³-hybridized carbons (Fsp3) is 0.136. The van der Waals surface area contributed by atoms with Gasteiger partial charge < -0.3 is 4.74 Å². The lowest BCUT2D eigenvalue weighted by atomic mass is 10.2. The Morgan fingerprint density at radius 3 is 2.50 bits per heavy atom. The number of nitrogens with zero attached hydrogens (tertiary/aromatic N) is 4. The van der Waals surface area contributed by atoms with Gasteiger partial charge >= 0.3 is 0 Å². The summed E-state index contributed by atoms with van der Waals surface area (Å²) >= 11 is 1.24. The van der Waals surface area contributed by atoms with Crippen molar-refractivity contribution >= 4 is 34.6 Å². The number of ether oxygens (including phenoxy) is 1. The van der Waals surface area contributed by atoms with Crippen LogP contribution in [0.5, 0.6) is 5.75 Å². The van der Waals surface area contributed by atoms with Crippen molar-refractivity contribution in [2.24, 2.45) is 0 Å². The number of benzene rings is 2. The highest BCUT2D eigenvalue weighted by Crippen LogP contribution is 2.25. The first-order valence-electron chi connectivity index (χ1n) is 9.67. The van der Waals surface area contributed by atoms with Crippen LogP contribution in [-0.2, 0) is 4.79 Å². The summed E-state index contributed by atoms with van der Waals surface area (Å²) in [5.41, 5.74) is 7.90.